The fourth-order valence-electron chi connectivity index (χ4n) is 2.52. The van der Waals surface area contributed by atoms with Crippen molar-refractivity contribution in [2.75, 3.05) is 0 Å². The molecule has 0 bridgehead atoms. The Labute approximate surface area is 110 Å². The van der Waals surface area contributed by atoms with Gasteiger partial charge in [0.1, 0.15) is 0 Å². The lowest BCUT2D eigenvalue weighted by Crippen LogP contribution is -2.23. The van der Waals surface area contributed by atoms with Crippen molar-refractivity contribution in [3.63, 3.8) is 0 Å². The zero-order valence-electron chi connectivity index (χ0n) is 9.26. The number of halogens is 2. The molecule has 2 rings (SSSR count). The van der Waals surface area contributed by atoms with Crippen LogP contribution >= 0.6 is 27.5 Å². The number of rotatable bonds is 2. The molecule has 0 saturated heterocycles. The largest absolute Gasteiger partial charge is 0.324 e. The third-order valence-corrected chi connectivity index (χ3v) is 4.40. The van der Waals surface area contributed by atoms with Gasteiger partial charge in [0.2, 0.25) is 0 Å². The Morgan fingerprint density at radius 2 is 1.94 bits per heavy atom. The van der Waals surface area contributed by atoms with Crippen molar-refractivity contribution in [2.45, 2.75) is 38.1 Å². The highest BCUT2D eigenvalue weighted by atomic mass is 79.9. The predicted octanol–water partition coefficient (Wildman–Crippen LogP) is 4.68. The van der Waals surface area contributed by atoms with E-state index in [4.69, 9.17) is 17.3 Å². The molecule has 1 nitrogen and oxygen atoms in total. The molecule has 3 heteroatoms. The molecule has 1 aliphatic rings. The van der Waals surface area contributed by atoms with Gasteiger partial charge in [0.25, 0.3) is 0 Å². The summed E-state index contributed by atoms with van der Waals surface area (Å²) >= 11 is 9.49. The zero-order valence-corrected chi connectivity index (χ0v) is 11.6. The molecule has 0 aromatic heterocycles. The molecule has 0 spiro atoms. The second-order valence-corrected chi connectivity index (χ2v) is 5.88. The molecule has 0 heterocycles. The van der Waals surface area contributed by atoms with E-state index in [0.29, 0.717) is 5.92 Å². The van der Waals surface area contributed by atoms with Gasteiger partial charge in [0, 0.05) is 15.5 Å². The number of benzene rings is 1. The lowest BCUT2D eigenvalue weighted by atomic mass is 9.81. The Hall–Kier alpha value is -0.0500. The molecule has 2 N–H and O–H groups in total. The summed E-state index contributed by atoms with van der Waals surface area (Å²) in [7, 11) is 0. The fraction of sp³-hybridized carbons (Fsp3) is 0.538. The van der Waals surface area contributed by atoms with Crippen molar-refractivity contribution in [3.05, 3.63) is 33.3 Å². The molecular formula is C13H17BrClN. The average Bonchev–Trinajstić information content (AvgIpc) is 2.29. The normalized spacial score (nSPS) is 19.7. The monoisotopic (exact) mass is 301 g/mol. The average molecular weight is 303 g/mol. The maximum absolute atomic E-state index is 6.35. The van der Waals surface area contributed by atoms with Gasteiger partial charge in [-0.3, -0.25) is 0 Å². The summed E-state index contributed by atoms with van der Waals surface area (Å²) in [6, 6.07) is 6.04. The Balaban J connectivity index is 2.15. The summed E-state index contributed by atoms with van der Waals surface area (Å²) in [5, 5.41) is 0.756. The maximum atomic E-state index is 6.35. The van der Waals surface area contributed by atoms with Crippen LogP contribution in [-0.4, -0.2) is 0 Å². The van der Waals surface area contributed by atoms with Crippen LogP contribution in [0.2, 0.25) is 5.02 Å². The molecule has 1 aromatic rings. The van der Waals surface area contributed by atoms with Gasteiger partial charge in [-0.05, 0) is 36.5 Å². The summed E-state index contributed by atoms with van der Waals surface area (Å²) in [6.45, 7) is 0. The molecule has 1 aliphatic carbocycles. The van der Waals surface area contributed by atoms with Crippen LogP contribution in [0, 0.1) is 5.92 Å². The first-order valence-electron chi connectivity index (χ1n) is 5.89. The van der Waals surface area contributed by atoms with Crippen LogP contribution in [0.4, 0.5) is 0 Å². The van der Waals surface area contributed by atoms with Gasteiger partial charge < -0.3 is 5.73 Å². The van der Waals surface area contributed by atoms with Crippen LogP contribution in [0.5, 0.6) is 0 Å². The first-order chi connectivity index (χ1) is 7.68. The number of hydrogen-bond acceptors (Lipinski definition) is 1. The number of hydrogen-bond donors (Lipinski definition) is 1. The van der Waals surface area contributed by atoms with Gasteiger partial charge in [0.05, 0.1) is 0 Å². The van der Waals surface area contributed by atoms with Crippen LogP contribution in [-0.2, 0) is 0 Å². The minimum absolute atomic E-state index is 0.145. The quantitative estimate of drug-likeness (QED) is 0.843. The minimum atomic E-state index is 0.145. The molecule has 0 amide bonds. The second-order valence-electron chi connectivity index (χ2n) is 4.59. The Kier molecular flexibility index (Phi) is 4.28. The highest BCUT2D eigenvalue weighted by Gasteiger charge is 2.23. The van der Waals surface area contributed by atoms with Crippen molar-refractivity contribution < 1.29 is 0 Å². The molecule has 1 saturated carbocycles. The Morgan fingerprint density at radius 3 is 2.56 bits per heavy atom. The highest BCUT2D eigenvalue weighted by molar-refractivity contribution is 9.10. The van der Waals surface area contributed by atoms with Gasteiger partial charge in [0.15, 0.2) is 0 Å². The maximum Gasteiger partial charge on any atom is 0.0417 e. The predicted molar refractivity (Wildman–Crippen MR) is 72.7 cm³/mol. The smallest absolute Gasteiger partial charge is 0.0417 e. The van der Waals surface area contributed by atoms with E-state index in [1.165, 1.54) is 37.7 Å². The van der Waals surface area contributed by atoms with Gasteiger partial charge in [-0.2, -0.15) is 0 Å². The molecule has 1 atom stereocenters. The van der Waals surface area contributed by atoms with E-state index in [9.17, 15) is 0 Å². The zero-order chi connectivity index (χ0) is 11.5. The topological polar surface area (TPSA) is 26.0 Å². The van der Waals surface area contributed by atoms with Gasteiger partial charge in [-0.15, -0.1) is 0 Å². The van der Waals surface area contributed by atoms with Crippen molar-refractivity contribution in [2.24, 2.45) is 11.7 Å². The van der Waals surface area contributed by atoms with Gasteiger partial charge >= 0.3 is 0 Å². The van der Waals surface area contributed by atoms with Crippen molar-refractivity contribution in [1.29, 1.82) is 0 Å². The van der Waals surface area contributed by atoms with Gasteiger partial charge in [-0.25, -0.2) is 0 Å². The van der Waals surface area contributed by atoms with Crippen molar-refractivity contribution in [1.82, 2.24) is 0 Å². The van der Waals surface area contributed by atoms with E-state index < -0.39 is 0 Å². The Bertz CT molecular complexity index is 361. The lowest BCUT2D eigenvalue weighted by Gasteiger charge is -2.28. The van der Waals surface area contributed by atoms with Crippen LogP contribution < -0.4 is 5.73 Å². The van der Waals surface area contributed by atoms with Crippen LogP contribution in [0.1, 0.15) is 43.7 Å². The molecule has 0 unspecified atom stereocenters. The summed E-state index contributed by atoms with van der Waals surface area (Å²) in [5.41, 5.74) is 7.54. The van der Waals surface area contributed by atoms with E-state index in [-0.39, 0.29) is 6.04 Å². The SMILES string of the molecule is N[C@H](c1ccc(Cl)cc1Br)C1CCCCC1. The van der Waals surface area contributed by atoms with E-state index >= 15 is 0 Å². The number of nitrogens with two attached hydrogens (primary N) is 1. The Morgan fingerprint density at radius 1 is 1.25 bits per heavy atom. The summed E-state index contributed by atoms with van der Waals surface area (Å²) in [6.07, 6.45) is 6.53. The lowest BCUT2D eigenvalue weighted by molar-refractivity contribution is 0.307. The minimum Gasteiger partial charge on any atom is -0.324 e. The molecule has 0 aliphatic heterocycles. The van der Waals surface area contributed by atoms with Crippen LogP contribution in [0.15, 0.2) is 22.7 Å². The van der Waals surface area contributed by atoms with E-state index in [2.05, 4.69) is 15.9 Å². The van der Waals surface area contributed by atoms with E-state index in [1.54, 1.807) is 0 Å². The summed E-state index contributed by atoms with van der Waals surface area (Å²) in [4.78, 5) is 0. The third kappa shape index (κ3) is 2.79. The van der Waals surface area contributed by atoms with E-state index in [1.807, 2.05) is 18.2 Å². The highest BCUT2D eigenvalue weighted by Crippen LogP contribution is 2.36. The first kappa shape index (κ1) is 12.4. The second kappa shape index (κ2) is 5.52. The third-order valence-electron chi connectivity index (χ3n) is 3.48. The van der Waals surface area contributed by atoms with E-state index in [0.717, 1.165) is 9.50 Å². The molecule has 16 heavy (non-hydrogen) atoms. The van der Waals surface area contributed by atoms with Crippen LogP contribution in [0.25, 0.3) is 0 Å². The first-order valence-corrected chi connectivity index (χ1v) is 7.06. The summed E-state index contributed by atoms with van der Waals surface area (Å²) < 4.78 is 1.04. The molecular weight excluding hydrogens is 286 g/mol. The van der Waals surface area contributed by atoms with Crippen molar-refractivity contribution >= 4 is 27.5 Å². The molecule has 1 fully saturated rings. The molecule has 1 aromatic carbocycles. The standard InChI is InChI=1S/C13H17BrClN/c14-12-8-10(15)6-7-11(12)13(16)9-4-2-1-3-5-9/h6-9,13H,1-5,16H2/t13-/m0/s1. The van der Waals surface area contributed by atoms with Crippen molar-refractivity contribution in [3.8, 4) is 0 Å². The van der Waals surface area contributed by atoms with Gasteiger partial charge in [-0.1, -0.05) is 52.9 Å². The molecule has 88 valence electrons. The van der Waals surface area contributed by atoms with Crippen LogP contribution in [0.3, 0.4) is 0 Å². The molecule has 0 radical (unpaired) electrons. The fourth-order valence-corrected chi connectivity index (χ4v) is 3.47. The summed E-state index contributed by atoms with van der Waals surface area (Å²) in [5.74, 6) is 0.631.